The van der Waals surface area contributed by atoms with Crippen molar-refractivity contribution in [1.29, 1.82) is 0 Å². The summed E-state index contributed by atoms with van der Waals surface area (Å²) in [6, 6.07) is 5.57. The number of rotatable bonds is 4. The fraction of sp³-hybridized carbons (Fsp3) is 0.455. The fourth-order valence-corrected chi connectivity index (χ4v) is 3.84. The van der Waals surface area contributed by atoms with Gasteiger partial charge >= 0.3 is 0 Å². The molecule has 0 spiro atoms. The van der Waals surface area contributed by atoms with E-state index in [9.17, 15) is 18.4 Å². The lowest BCUT2D eigenvalue weighted by Gasteiger charge is -2.23. The Morgan fingerprint density at radius 3 is 2.37 bits per heavy atom. The normalized spacial score (nSPS) is 24.9. The molecule has 1 aliphatic rings. The van der Waals surface area contributed by atoms with Gasteiger partial charge in [0.1, 0.15) is 5.75 Å². The van der Waals surface area contributed by atoms with Crippen LogP contribution in [-0.2, 0) is 9.84 Å². The van der Waals surface area contributed by atoms with Crippen LogP contribution in [0.4, 0.5) is 5.69 Å². The van der Waals surface area contributed by atoms with E-state index >= 15 is 0 Å². The van der Waals surface area contributed by atoms with Crippen molar-refractivity contribution in [2.24, 2.45) is 5.29 Å². The van der Waals surface area contributed by atoms with Gasteiger partial charge in [-0.2, -0.15) is 0 Å². The van der Waals surface area contributed by atoms with E-state index in [1.54, 1.807) is 24.3 Å². The van der Waals surface area contributed by atoms with Gasteiger partial charge in [-0.3, -0.25) is 0 Å². The molecule has 1 aromatic carbocycles. The molecule has 19 heavy (non-hydrogen) atoms. The van der Waals surface area contributed by atoms with Crippen LogP contribution in [-0.4, -0.2) is 44.3 Å². The Bertz CT molecular complexity index is 557. The Morgan fingerprint density at radius 1 is 1.32 bits per heavy atom. The minimum absolute atomic E-state index is 0.286. The summed E-state index contributed by atoms with van der Waals surface area (Å²) in [4.78, 5) is 10.9. The van der Waals surface area contributed by atoms with Crippen molar-refractivity contribution in [3.63, 3.8) is 0 Å². The third kappa shape index (κ3) is 2.85. The van der Waals surface area contributed by atoms with Crippen molar-refractivity contribution < 1.29 is 18.3 Å². The molecule has 0 bridgehead atoms. The smallest absolute Gasteiger partial charge is 0.155 e. The Labute approximate surface area is 110 Å². The molecule has 0 aliphatic carbocycles. The SMILES string of the molecule is COc1ccc(N(N=O)C2CS(=O)(=O)CC2O)cc1. The van der Waals surface area contributed by atoms with E-state index in [0.717, 1.165) is 5.01 Å². The number of hydrogen-bond acceptors (Lipinski definition) is 6. The molecule has 0 amide bonds. The molecule has 1 N–H and O–H groups in total. The zero-order chi connectivity index (χ0) is 14.0. The van der Waals surface area contributed by atoms with Gasteiger partial charge in [0.15, 0.2) is 9.84 Å². The minimum atomic E-state index is -3.34. The molecule has 0 radical (unpaired) electrons. The zero-order valence-electron chi connectivity index (χ0n) is 10.3. The largest absolute Gasteiger partial charge is 0.497 e. The van der Waals surface area contributed by atoms with Crippen molar-refractivity contribution >= 4 is 15.5 Å². The third-order valence-electron chi connectivity index (χ3n) is 3.03. The second-order valence-corrected chi connectivity index (χ2v) is 6.49. The second kappa shape index (κ2) is 5.14. The van der Waals surface area contributed by atoms with Gasteiger partial charge in [0.2, 0.25) is 0 Å². The van der Waals surface area contributed by atoms with Crippen LogP contribution in [0, 0.1) is 4.91 Å². The number of sulfone groups is 1. The highest BCUT2D eigenvalue weighted by Gasteiger charge is 2.41. The number of aliphatic hydroxyl groups is 1. The summed E-state index contributed by atoms with van der Waals surface area (Å²) in [7, 11) is -1.82. The number of anilines is 1. The Balaban J connectivity index is 2.27. The molecule has 0 saturated carbocycles. The van der Waals surface area contributed by atoms with Gasteiger partial charge in [0.05, 0.1) is 41.7 Å². The van der Waals surface area contributed by atoms with Gasteiger partial charge in [0, 0.05) is 0 Å². The molecule has 2 atom stereocenters. The van der Waals surface area contributed by atoms with E-state index in [1.165, 1.54) is 7.11 Å². The van der Waals surface area contributed by atoms with E-state index < -0.39 is 22.0 Å². The number of benzene rings is 1. The fourth-order valence-electron chi connectivity index (χ4n) is 2.08. The molecule has 1 aliphatic heterocycles. The first kappa shape index (κ1) is 13.8. The Kier molecular flexibility index (Phi) is 3.72. The maximum absolute atomic E-state index is 11.5. The number of nitroso groups, excluding NO2 is 1. The highest BCUT2D eigenvalue weighted by Crippen LogP contribution is 2.26. The third-order valence-corrected chi connectivity index (χ3v) is 4.73. The summed E-state index contributed by atoms with van der Waals surface area (Å²) in [6.45, 7) is 0. The number of aliphatic hydroxyl groups excluding tert-OH is 1. The van der Waals surface area contributed by atoms with E-state index in [2.05, 4.69) is 5.29 Å². The molecule has 7 nitrogen and oxygen atoms in total. The minimum Gasteiger partial charge on any atom is -0.497 e. The van der Waals surface area contributed by atoms with Gasteiger partial charge in [-0.25, -0.2) is 13.4 Å². The van der Waals surface area contributed by atoms with Crippen LogP contribution in [0.25, 0.3) is 0 Å². The maximum atomic E-state index is 11.5. The van der Waals surface area contributed by atoms with Crippen molar-refractivity contribution in [3.05, 3.63) is 29.2 Å². The van der Waals surface area contributed by atoms with Crippen LogP contribution in [0.2, 0.25) is 0 Å². The van der Waals surface area contributed by atoms with E-state index in [-0.39, 0.29) is 11.5 Å². The zero-order valence-corrected chi connectivity index (χ0v) is 11.1. The molecular formula is C11H14N2O5S. The predicted octanol–water partition coefficient (Wildman–Crippen LogP) is 0.341. The average molecular weight is 286 g/mol. The first-order valence-corrected chi connectivity index (χ1v) is 7.44. The number of methoxy groups -OCH3 is 1. The monoisotopic (exact) mass is 286 g/mol. The highest BCUT2D eigenvalue weighted by atomic mass is 32.2. The van der Waals surface area contributed by atoms with Crippen LogP contribution in [0.1, 0.15) is 0 Å². The summed E-state index contributed by atoms with van der Waals surface area (Å²) >= 11 is 0. The molecule has 0 aromatic heterocycles. The highest BCUT2D eigenvalue weighted by molar-refractivity contribution is 7.91. The molecule has 1 heterocycles. The molecule has 2 rings (SSSR count). The average Bonchev–Trinajstić information content (AvgIpc) is 2.65. The van der Waals surface area contributed by atoms with Crippen molar-refractivity contribution in [3.8, 4) is 5.75 Å². The second-order valence-electron chi connectivity index (χ2n) is 4.34. The van der Waals surface area contributed by atoms with E-state index in [0.29, 0.717) is 11.4 Å². The molecule has 1 fully saturated rings. The predicted molar refractivity (Wildman–Crippen MR) is 69.7 cm³/mol. The topological polar surface area (TPSA) is 96.3 Å². The van der Waals surface area contributed by atoms with Crippen LogP contribution in [0.5, 0.6) is 5.75 Å². The van der Waals surface area contributed by atoms with Crippen LogP contribution in [0.3, 0.4) is 0 Å². The van der Waals surface area contributed by atoms with Crippen LogP contribution in [0.15, 0.2) is 29.6 Å². The lowest BCUT2D eigenvalue weighted by molar-refractivity contribution is 0.178. The summed E-state index contributed by atoms with van der Waals surface area (Å²) in [5.74, 6) is -0.0274. The van der Waals surface area contributed by atoms with Crippen molar-refractivity contribution in [2.75, 3.05) is 23.6 Å². The molecule has 8 heteroatoms. The number of hydrogen-bond donors (Lipinski definition) is 1. The molecule has 1 saturated heterocycles. The molecular weight excluding hydrogens is 272 g/mol. The summed E-state index contributed by atoms with van der Waals surface area (Å²) in [5, 5.41) is 13.6. The van der Waals surface area contributed by atoms with Gasteiger partial charge in [-0.15, -0.1) is 4.91 Å². The molecule has 1 aromatic rings. The Hall–Kier alpha value is -1.67. The first-order valence-electron chi connectivity index (χ1n) is 5.62. The van der Waals surface area contributed by atoms with Crippen LogP contribution >= 0.6 is 0 Å². The van der Waals surface area contributed by atoms with Gasteiger partial charge in [-0.1, -0.05) is 0 Å². The molecule has 104 valence electrons. The van der Waals surface area contributed by atoms with Gasteiger partial charge < -0.3 is 9.84 Å². The van der Waals surface area contributed by atoms with Crippen molar-refractivity contribution in [1.82, 2.24) is 0 Å². The first-order chi connectivity index (χ1) is 8.96. The quantitative estimate of drug-likeness (QED) is 0.633. The van der Waals surface area contributed by atoms with Crippen molar-refractivity contribution in [2.45, 2.75) is 12.1 Å². The van der Waals surface area contributed by atoms with E-state index in [4.69, 9.17) is 4.74 Å². The van der Waals surface area contributed by atoms with Crippen LogP contribution < -0.4 is 9.75 Å². The maximum Gasteiger partial charge on any atom is 0.155 e. The number of ether oxygens (including phenoxy) is 1. The van der Waals surface area contributed by atoms with Gasteiger partial charge in [0.25, 0.3) is 0 Å². The lowest BCUT2D eigenvalue weighted by atomic mass is 10.2. The lowest BCUT2D eigenvalue weighted by Crippen LogP contribution is -2.39. The van der Waals surface area contributed by atoms with Gasteiger partial charge in [-0.05, 0) is 24.3 Å². The summed E-state index contributed by atoms with van der Waals surface area (Å²) in [5.41, 5.74) is 0.414. The Morgan fingerprint density at radius 2 is 1.95 bits per heavy atom. The van der Waals surface area contributed by atoms with E-state index in [1.807, 2.05) is 0 Å². The number of nitrogens with zero attached hydrogens (tertiary/aromatic N) is 2. The standard InChI is InChI=1S/C11H14N2O5S/c1-18-9-4-2-8(3-5-9)13(12-15)10-6-19(16,17)7-11(10)14/h2-5,10-11,14H,6-7H2,1H3. The summed E-state index contributed by atoms with van der Waals surface area (Å²) in [6.07, 6.45) is -1.12. The summed E-state index contributed by atoms with van der Waals surface area (Å²) < 4.78 is 27.9. The molecule has 2 unspecified atom stereocenters.